The minimum atomic E-state index is -0.400. The molecule has 0 radical (unpaired) electrons. The van der Waals surface area contributed by atoms with Crippen LogP contribution < -0.4 is 0 Å². The Balaban J connectivity index is 3.13. The maximum absolute atomic E-state index is 10.7. The van der Waals surface area contributed by atoms with E-state index in [1.165, 1.54) is 6.07 Å². The maximum atomic E-state index is 10.7. The molecule has 0 aliphatic carbocycles. The van der Waals surface area contributed by atoms with Crippen LogP contribution in [0.25, 0.3) is 6.08 Å². The molecular formula is C10H12N2O2S. The Bertz CT molecular complexity index is 402. The quantitative estimate of drug-likeness (QED) is 0.487. The molecule has 4 nitrogen and oxygen atoms in total. The van der Waals surface area contributed by atoms with Crippen molar-refractivity contribution in [1.29, 1.82) is 0 Å². The molecule has 1 aromatic carbocycles. The van der Waals surface area contributed by atoms with Gasteiger partial charge in [-0.3, -0.25) is 10.1 Å². The summed E-state index contributed by atoms with van der Waals surface area (Å²) in [6, 6.07) is 4.73. The number of hydrogen-bond donors (Lipinski definition) is 1. The van der Waals surface area contributed by atoms with Crippen molar-refractivity contribution in [2.75, 3.05) is 14.1 Å². The molecule has 0 N–H and O–H groups in total. The SMILES string of the molecule is CN(C)/C=C/c1cc(S)ccc1[N+](=O)[O-]. The summed E-state index contributed by atoms with van der Waals surface area (Å²) < 4.78 is 0. The third-order valence-corrected chi connectivity index (χ3v) is 2.04. The summed E-state index contributed by atoms with van der Waals surface area (Å²) in [6.45, 7) is 0. The minimum Gasteiger partial charge on any atom is -0.383 e. The Morgan fingerprint density at radius 3 is 2.67 bits per heavy atom. The lowest BCUT2D eigenvalue weighted by molar-refractivity contribution is -0.385. The molecule has 0 unspecified atom stereocenters. The zero-order valence-corrected chi connectivity index (χ0v) is 9.44. The van der Waals surface area contributed by atoms with Crippen molar-refractivity contribution in [1.82, 2.24) is 4.90 Å². The van der Waals surface area contributed by atoms with Crippen LogP contribution in [0.4, 0.5) is 5.69 Å². The van der Waals surface area contributed by atoms with Crippen molar-refractivity contribution in [3.63, 3.8) is 0 Å². The van der Waals surface area contributed by atoms with Crippen LogP contribution in [0.5, 0.6) is 0 Å². The summed E-state index contributed by atoms with van der Waals surface area (Å²) in [5, 5.41) is 10.7. The number of nitro benzene ring substituents is 1. The topological polar surface area (TPSA) is 46.4 Å². The highest BCUT2D eigenvalue weighted by atomic mass is 32.1. The number of nitro groups is 1. The lowest BCUT2D eigenvalue weighted by Crippen LogP contribution is -2.00. The summed E-state index contributed by atoms with van der Waals surface area (Å²) in [5.74, 6) is 0. The van der Waals surface area contributed by atoms with Crippen molar-refractivity contribution in [2.24, 2.45) is 0 Å². The van der Waals surface area contributed by atoms with Gasteiger partial charge in [0.1, 0.15) is 0 Å². The van der Waals surface area contributed by atoms with Gasteiger partial charge in [-0.05, 0) is 24.4 Å². The molecule has 0 spiro atoms. The van der Waals surface area contributed by atoms with Gasteiger partial charge in [-0.15, -0.1) is 12.6 Å². The van der Waals surface area contributed by atoms with E-state index in [1.807, 2.05) is 19.0 Å². The molecule has 80 valence electrons. The average Bonchev–Trinajstić information content (AvgIpc) is 2.14. The minimum absolute atomic E-state index is 0.0888. The van der Waals surface area contributed by atoms with E-state index in [0.29, 0.717) is 10.5 Å². The number of thiol groups is 1. The highest BCUT2D eigenvalue weighted by molar-refractivity contribution is 7.80. The van der Waals surface area contributed by atoms with E-state index in [1.54, 1.807) is 24.4 Å². The zero-order chi connectivity index (χ0) is 11.4. The smallest absolute Gasteiger partial charge is 0.276 e. The first kappa shape index (κ1) is 11.6. The Morgan fingerprint density at radius 1 is 1.47 bits per heavy atom. The molecule has 0 saturated carbocycles. The van der Waals surface area contributed by atoms with Crippen LogP contribution in [-0.4, -0.2) is 23.9 Å². The average molecular weight is 224 g/mol. The van der Waals surface area contributed by atoms with E-state index in [2.05, 4.69) is 12.6 Å². The summed E-state index contributed by atoms with van der Waals surface area (Å²) in [6.07, 6.45) is 3.45. The van der Waals surface area contributed by atoms with Crippen LogP contribution in [0.1, 0.15) is 5.56 Å². The van der Waals surface area contributed by atoms with E-state index in [9.17, 15) is 10.1 Å². The molecule has 15 heavy (non-hydrogen) atoms. The van der Waals surface area contributed by atoms with Crippen LogP contribution >= 0.6 is 12.6 Å². The molecule has 0 amide bonds. The normalized spacial score (nSPS) is 10.6. The molecule has 0 fully saturated rings. The molecule has 0 aromatic heterocycles. The van der Waals surface area contributed by atoms with E-state index in [-0.39, 0.29) is 5.69 Å². The maximum Gasteiger partial charge on any atom is 0.276 e. The molecule has 1 rings (SSSR count). The van der Waals surface area contributed by atoms with Gasteiger partial charge in [-0.25, -0.2) is 0 Å². The molecule has 0 heterocycles. The highest BCUT2D eigenvalue weighted by Crippen LogP contribution is 2.22. The molecule has 5 heteroatoms. The van der Waals surface area contributed by atoms with Gasteiger partial charge in [-0.1, -0.05) is 0 Å². The highest BCUT2D eigenvalue weighted by Gasteiger charge is 2.10. The second-order valence-electron chi connectivity index (χ2n) is 3.28. The van der Waals surface area contributed by atoms with Gasteiger partial charge >= 0.3 is 0 Å². The second-order valence-corrected chi connectivity index (χ2v) is 3.80. The van der Waals surface area contributed by atoms with Crippen molar-refractivity contribution >= 4 is 24.4 Å². The third-order valence-electron chi connectivity index (χ3n) is 1.76. The van der Waals surface area contributed by atoms with Gasteiger partial charge < -0.3 is 4.90 Å². The Hall–Kier alpha value is -1.49. The summed E-state index contributed by atoms with van der Waals surface area (Å²) >= 11 is 4.14. The molecule has 0 aliphatic heterocycles. The van der Waals surface area contributed by atoms with E-state index in [0.717, 1.165) is 0 Å². The number of hydrogen-bond acceptors (Lipinski definition) is 4. The predicted octanol–water partition coefficient (Wildman–Crippen LogP) is 2.42. The van der Waals surface area contributed by atoms with Gasteiger partial charge in [-0.2, -0.15) is 0 Å². The largest absolute Gasteiger partial charge is 0.383 e. The predicted molar refractivity (Wildman–Crippen MR) is 63.1 cm³/mol. The third kappa shape index (κ3) is 3.28. The van der Waals surface area contributed by atoms with E-state index < -0.39 is 4.92 Å². The van der Waals surface area contributed by atoms with Crippen molar-refractivity contribution < 1.29 is 4.92 Å². The molecule has 0 bridgehead atoms. The van der Waals surface area contributed by atoms with Crippen molar-refractivity contribution in [2.45, 2.75) is 4.90 Å². The van der Waals surface area contributed by atoms with Crippen LogP contribution in [0.15, 0.2) is 29.3 Å². The van der Waals surface area contributed by atoms with Crippen molar-refractivity contribution in [3.05, 3.63) is 40.1 Å². The van der Waals surface area contributed by atoms with Gasteiger partial charge in [0.05, 0.1) is 10.5 Å². The lowest BCUT2D eigenvalue weighted by atomic mass is 10.2. The Labute approximate surface area is 93.8 Å². The second kappa shape index (κ2) is 4.84. The monoisotopic (exact) mass is 224 g/mol. The fourth-order valence-electron chi connectivity index (χ4n) is 1.07. The first-order valence-electron chi connectivity index (χ1n) is 4.33. The summed E-state index contributed by atoms with van der Waals surface area (Å²) in [7, 11) is 3.71. The zero-order valence-electron chi connectivity index (χ0n) is 8.54. The lowest BCUT2D eigenvalue weighted by Gasteiger charge is -2.04. The van der Waals surface area contributed by atoms with E-state index >= 15 is 0 Å². The molecule has 0 saturated heterocycles. The number of rotatable bonds is 3. The van der Waals surface area contributed by atoms with Gasteiger partial charge in [0, 0.05) is 25.1 Å². The summed E-state index contributed by atoms with van der Waals surface area (Å²) in [4.78, 5) is 12.8. The molecule has 1 aromatic rings. The Kier molecular flexibility index (Phi) is 3.74. The first-order valence-corrected chi connectivity index (χ1v) is 4.77. The fraction of sp³-hybridized carbons (Fsp3) is 0.200. The summed E-state index contributed by atoms with van der Waals surface area (Å²) in [5.41, 5.74) is 0.645. The number of benzene rings is 1. The Morgan fingerprint density at radius 2 is 2.13 bits per heavy atom. The van der Waals surface area contributed by atoms with Crippen LogP contribution in [0, 0.1) is 10.1 Å². The van der Waals surface area contributed by atoms with Gasteiger partial charge in [0.2, 0.25) is 0 Å². The molecule has 0 atom stereocenters. The molecule has 0 aliphatic rings. The van der Waals surface area contributed by atoms with Crippen molar-refractivity contribution in [3.8, 4) is 0 Å². The van der Waals surface area contributed by atoms with Gasteiger partial charge in [0.25, 0.3) is 5.69 Å². The van der Waals surface area contributed by atoms with Crippen LogP contribution in [-0.2, 0) is 0 Å². The fourth-order valence-corrected chi connectivity index (χ4v) is 1.28. The number of nitrogens with zero attached hydrogens (tertiary/aromatic N) is 2. The van der Waals surface area contributed by atoms with E-state index in [4.69, 9.17) is 0 Å². The first-order chi connectivity index (χ1) is 7.00. The molecular weight excluding hydrogens is 212 g/mol. The standard InChI is InChI=1S/C10H12N2O2S/c1-11(2)6-5-8-7-9(15)3-4-10(8)12(13)14/h3-7,15H,1-2H3/b6-5+. The van der Waals surface area contributed by atoms with Crippen LogP contribution in [0.2, 0.25) is 0 Å². The van der Waals surface area contributed by atoms with Gasteiger partial charge in [0.15, 0.2) is 0 Å². The van der Waals surface area contributed by atoms with Crippen LogP contribution in [0.3, 0.4) is 0 Å².